The number of nitrogens with zero attached hydrogens (tertiary/aromatic N) is 2. The van der Waals surface area contributed by atoms with Crippen LogP contribution in [0.3, 0.4) is 0 Å². The van der Waals surface area contributed by atoms with Gasteiger partial charge in [0.2, 0.25) is 5.91 Å². The lowest BCUT2D eigenvalue weighted by Crippen LogP contribution is -2.48. The number of amides is 1. The Morgan fingerprint density at radius 3 is 2.19 bits per heavy atom. The van der Waals surface area contributed by atoms with Gasteiger partial charge in [0.1, 0.15) is 0 Å². The number of alkyl halides is 3. The Kier molecular flexibility index (Phi) is 10.8. The second kappa shape index (κ2) is 12.9. The number of likely N-dealkylation sites (tertiary alicyclic amines) is 1. The Bertz CT molecular complexity index is 924. The smallest absolute Gasteiger partial charge is 0.416 e. The van der Waals surface area contributed by atoms with E-state index in [4.69, 9.17) is 4.74 Å². The van der Waals surface area contributed by atoms with Gasteiger partial charge in [0.05, 0.1) is 24.7 Å². The number of benzene rings is 1. The van der Waals surface area contributed by atoms with Crippen molar-refractivity contribution < 1.29 is 32.6 Å². The highest BCUT2D eigenvalue weighted by molar-refractivity contribution is 5.94. The minimum atomic E-state index is -4.45. The zero-order chi connectivity index (χ0) is 28.0. The van der Waals surface area contributed by atoms with Crippen LogP contribution in [0.4, 0.5) is 13.2 Å². The van der Waals surface area contributed by atoms with E-state index in [1.807, 2.05) is 20.8 Å². The van der Waals surface area contributed by atoms with Gasteiger partial charge in [-0.25, -0.2) is 0 Å². The molecule has 2 fully saturated rings. The van der Waals surface area contributed by atoms with E-state index in [0.717, 1.165) is 31.8 Å². The average molecular weight is 527 g/mol. The van der Waals surface area contributed by atoms with Crippen LogP contribution in [0, 0.1) is 17.3 Å². The summed E-state index contributed by atoms with van der Waals surface area (Å²) in [5.41, 5.74) is -0.00294. The van der Waals surface area contributed by atoms with Crippen molar-refractivity contribution in [1.29, 1.82) is 0 Å². The predicted molar refractivity (Wildman–Crippen MR) is 137 cm³/mol. The number of morpholine rings is 1. The number of halogens is 3. The molecule has 1 aromatic rings. The van der Waals surface area contributed by atoms with E-state index in [1.165, 1.54) is 17.0 Å². The van der Waals surface area contributed by atoms with Gasteiger partial charge in [0, 0.05) is 44.2 Å². The second-order valence-electron chi connectivity index (χ2n) is 10.4. The van der Waals surface area contributed by atoms with Gasteiger partial charge < -0.3 is 14.7 Å². The zero-order valence-electron chi connectivity index (χ0n) is 22.6. The molecule has 9 heteroatoms. The maximum absolute atomic E-state index is 13.5. The number of piperidine rings is 1. The fraction of sp³-hybridized carbons (Fsp3) is 0.643. The molecule has 0 radical (unpaired) electrons. The van der Waals surface area contributed by atoms with Crippen molar-refractivity contribution in [3.8, 4) is 0 Å². The molecule has 3 rings (SSSR count). The van der Waals surface area contributed by atoms with Crippen LogP contribution in [0.2, 0.25) is 0 Å². The number of carbonyl (C=O) groups excluding carboxylic acids is 1. The standard InChI is InChI=1S/C26H35F3N2O4.C2H6/c1-17(18(2)25(3,4)16-30-9-11-35-12-10-30)23(32)31-14-20(13-21(15-31)24(33)34)19-5-7-22(8-6-19)26(27,28)29;1-2/h5-8,18,20-21H,1,9-16H2,2-4H3,(H,33,34);1-2H3. The largest absolute Gasteiger partial charge is 0.481 e. The zero-order valence-corrected chi connectivity index (χ0v) is 22.6. The number of carbonyl (C=O) groups is 2. The molecule has 1 aromatic carbocycles. The molecule has 37 heavy (non-hydrogen) atoms. The highest BCUT2D eigenvalue weighted by atomic mass is 19.4. The molecule has 2 aliphatic rings. The van der Waals surface area contributed by atoms with Crippen molar-refractivity contribution in [2.75, 3.05) is 45.9 Å². The molecule has 2 aliphatic heterocycles. The first-order valence-electron chi connectivity index (χ1n) is 13.0. The van der Waals surface area contributed by atoms with Gasteiger partial charge in [-0.3, -0.25) is 14.5 Å². The van der Waals surface area contributed by atoms with E-state index in [0.29, 0.717) is 24.4 Å². The Balaban J connectivity index is 0.00000235. The lowest BCUT2D eigenvalue weighted by Gasteiger charge is -2.41. The van der Waals surface area contributed by atoms with Crippen molar-refractivity contribution in [2.45, 2.75) is 53.1 Å². The Hall–Kier alpha value is -2.39. The predicted octanol–water partition coefficient (Wildman–Crippen LogP) is 5.30. The van der Waals surface area contributed by atoms with Crippen LogP contribution >= 0.6 is 0 Å². The van der Waals surface area contributed by atoms with Crippen LogP contribution in [0.25, 0.3) is 0 Å². The van der Waals surface area contributed by atoms with E-state index >= 15 is 0 Å². The summed E-state index contributed by atoms with van der Waals surface area (Å²) >= 11 is 0. The first kappa shape index (κ1) is 30.8. The van der Waals surface area contributed by atoms with Gasteiger partial charge in [0.25, 0.3) is 0 Å². The number of carboxylic acids is 1. The highest BCUT2D eigenvalue weighted by Crippen LogP contribution is 2.37. The molecule has 2 saturated heterocycles. The number of hydrogen-bond donors (Lipinski definition) is 1. The maximum atomic E-state index is 13.5. The van der Waals surface area contributed by atoms with E-state index < -0.39 is 23.6 Å². The molecule has 1 N–H and O–H groups in total. The van der Waals surface area contributed by atoms with Gasteiger partial charge in [-0.05, 0) is 35.4 Å². The molecule has 0 spiro atoms. The van der Waals surface area contributed by atoms with Crippen LogP contribution in [0.1, 0.15) is 58.1 Å². The number of rotatable bonds is 7. The summed E-state index contributed by atoms with van der Waals surface area (Å²) in [6, 6.07) is 4.76. The summed E-state index contributed by atoms with van der Waals surface area (Å²) in [4.78, 5) is 29.1. The monoisotopic (exact) mass is 526 g/mol. The Morgan fingerprint density at radius 2 is 1.68 bits per heavy atom. The molecule has 3 atom stereocenters. The van der Waals surface area contributed by atoms with Gasteiger partial charge in [-0.2, -0.15) is 13.2 Å². The molecular formula is C28H41F3N2O4. The van der Waals surface area contributed by atoms with Crippen LogP contribution in [0.5, 0.6) is 0 Å². The van der Waals surface area contributed by atoms with Crippen molar-refractivity contribution in [3.63, 3.8) is 0 Å². The second-order valence-corrected chi connectivity index (χ2v) is 10.4. The summed E-state index contributed by atoms with van der Waals surface area (Å²) in [7, 11) is 0. The maximum Gasteiger partial charge on any atom is 0.416 e. The fourth-order valence-corrected chi connectivity index (χ4v) is 4.96. The third-order valence-corrected chi connectivity index (χ3v) is 7.50. The number of ether oxygens (including phenoxy) is 1. The van der Waals surface area contributed by atoms with Gasteiger partial charge in [-0.1, -0.05) is 53.3 Å². The van der Waals surface area contributed by atoms with E-state index in [9.17, 15) is 27.9 Å². The molecule has 0 aromatic heterocycles. The van der Waals surface area contributed by atoms with Crippen molar-refractivity contribution >= 4 is 11.9 Å². The van der Waals surface area contributed by atoms with Gasteiger partial charge >= 0.3 is 12.1 Å². The lowest BCUT2D eigenvalue weighted by molar-refractivity contribution is -0.145. The normalized spacial score (nSPS) is 22.0. The van der Waals surface area contributed by atoms with Crippen molar-refractivity contribution in [2.24, 2.45) is 17.3 Å². The molecule has 0 bridgehead atoms. The van der Waals surface area contributed by atoms with Crippen molar-refractivity contribution in [3.05, 3.63) is 47.5 Å². The Labute approximate surface area is 218 Å². The summed E-state index contributed by atoms with van der Waals surface area (Å²) in [6.45, 7) is 18.3. The number of hydrogen-bond acceptors (Lipinski definition) is 4. The molecule has 1 amide bonds. The van der Waals surface area contributed by atoms with E-state index in [-0.39, 0.29) is 42.7 Å². The van der Waals surface area contributed by atoms with Crippen molar-refractivity contribution in [1.82, 2.24) is 9.80 Å². The van der Waals surface area contributed by atoms with E-state index in [2.05, 4.69) is 25.3 Å². The van der Waals surface area contributed by atoms with Crippen LogP contribution < -0.4 is 0 Å². The summed E-state index contributed by atoms with van der Waals surface area (Å²) in [5, 5.41) is 9.69. The number of carboxylic acid groups (broad SMARTS) is 1. The van der Waals surface area contributed by atoms with Gasteiger partial charge in [0.15, 0.2) is 0 Å². The first-order chi connectivity index (χ1) is 17.3. The minimum absolute atomic E-state index is 0.0565. The third-order valence-electron chi connectivity index (χ3n) is 7.50. The SMILES string of the molecule is C=C(C(=O)N1CC(C(=O)O)CC(c2ccc(C(F)(F)F)cc2)C1)C(C)C(C)(C)CN1CCOCC1.CC. The molecule has 3 unspecified atom stereocenters. The molecule has 2 heterocycles. The van der Waals surface area contributed by atoms with Crippen LogP contribution in [-0.2, 0) is 20.5 Å². The molecule has 6 nitrogen and oxygen atoms in total. The topological polar surface area (TPSA) is 70.1 Å². The highest BCUT2D eigenvalue weighted by Gasteiger charge is 2.39. The van der Waals surface area contributed by atoms with E-state index in [1.54, 1.807) is 0 Å². The molecular weight excluding hydrogens is 485 g/mol. The molecule has 208 valence electrons. The third kappa shape index (κ3) is 8.04. The molecule has 0 aliphatic carbocycles. The van der Waals surface area contributed by atoms with Crippen LogP contribution in [-0.4, -0.2) is 72.7 Å². The molecule has 0 saturated carbocycles. The number of aliphatic carboxylic acids is 1. The first-order valence-corrected chi connectivity index (χ1v) is 13.0. The summed E-state index contributed by atoms with van der Waals surface area (Å²) in [6.07, 6.45) is -4.19. The Morgan fingerprint density at radius 1 is 1.11 bits per heavy atom. The quantitative estimate of drug-likeness (QED) is 0.489. The summed E-state index contributed by atoms with van der Waals surface area (Å²) < 4.78 is 44.3. The summed E-state index contributed by atoms with van der Waals surface area (Å²) in [5.74, 6) is -2.65. The van der Waals surface area contributed by atoms with Gasteiger partial charge in [-0.15, -0.1) is 0 Å². The van der Waals surface area contributed by atoms with Crippen LogP contribution in [0.15, 0.2) is 36.4 Å². The lowest BCUT2D eigenvalue weighted by atomic mass is 9.75. The average Bonchev–Trinajstić information content (AvgIpc) is 2.88. The minimum Gasteiger partial charge on any atom is -0.481 e. The fourth-order valence-electron chi connectivity index (χ4n) is 4.96.